The summed E-state index contributed by atoms with van der Waals surface area (Å²) in [5.74, 6) is 0.269. The third-order valence-corrected chi connectivity index (χ3v) is 5.01. The summed E-state index contributed by atoms with van der Waals surface area (Å²) in [5, 5.41) is 9.41. The normalized spacial score (nSPS) is 16.6. The summed E-state index contributed by atoms with van der Waals surface area (Å²) in [7, 11) is 3.13. The Bertz CT molecular complexity index is 693. The molecule has 1 unspecified atom stereocenters. The van der Waals surface area contributed by atoms with Crippen LogP contribution in [0.3, 0.4) is 0 Å². The number of carbonyl (C=O) groups is 2. The molecule has 1 aromatic rings. The Labute approximate surface area is 161 Å². The first-order valence-electron chi connectivity index (χ1n) is 9.42. The molecule has 6 heteroatoms. The number of aliphatic carboxylic acids is 1. The molecule has 0 fully saturated rings. The van der Waals surface area contributed by atoms with E-state index in [1.165, 1.54) is 0 Å². The third-order valence-electron chi connectivity index (χ3n) is 5.01. The van der Waals surface area contributed by atoms with Crippen LogP contribution in [0.4, 0.5) is 0 Å². The van der Waals surface area contributed by atoms with Gasteiger partial charge in [0.05, 0.1) is 26.7 Å². The van der Waals surface area contributed by atoms with Crippen molar-refractivity contribution in [1.29, 1.82) is 0 Å². The highest BCUT2D eigenvalue weighted by molar-refractivity contribution is 5.78. The molecule has 150 valence electrons. The van der Waals surface area contributed by atoms with Gasteiger partial charge in [-0.05, 0) is 47.9 Å². The van der Waals surface area contributed by atoms with Gasteiger partial charge in [0.2, 0.25) is 5.91 Å². The molecule has 0 saturated heterocycles. The van der Waals surface area contributed by atoms with Crippen molar-refractivity contribution in [2.45, 2.75) is 58.9 Å². The standard InChI is InChI=1S/C21H31NO5/c1-21(2,3)9-6-7-19(23)22-10-8-14-11-17(26-4)18(27-5)12-15(14)16(22)13-20(24)25/h11-12,16H,6-10,13H2,1-5H3,(H,24,25). The summed E-state index contributed by atoms with van der Waals surface area (Å²) in [6.07, 6.45) is 2.76. The van der Waals surface area contributed by atoms with Crippen LogP contribution in [0.5, 0.6) is 11.5 Å². The Kier molecular flexibility index (Phi) is 6.73. The smallest absolute Gasteiger partial charge is 0.305 e. The molecular formula is C21H31NO5. The fraction of sp³-hybridized carbons (Fsp3) is 0.619. The van der Waals surface area contributed by atoms with Gasteiger partial charge in [-0.1, -0.05) is 20.8 Å². The molecule has 0 radical (unpaired) electrons. The Hall–Kier alpha value is -2.24. The molecule has 0 spiro atoms. The molecule has 1 amide bonds. The number of nitrogens with zero attached hydrogens (tertiary/aromatic N) is 1. The maximum Gasteiger partial charge on any atom is 0.305 e. The number of rotatable bonds is 7. The molecule has 27 heavy (non-hydrogen) atoms. The minimum Gasteiger partial charge on any atom is -0.493 e. The second kappa shape index (κ2) is 8.63. The van der Waals surface area contributed by atoms with Crippen LogP contribution < -0.4 is 9.47 Å². The van der Waals surface area contributed by atoms with E-state index in [0.29, 0.717) is 30.9 Å². The highest BCUT2D eigenvalue weighted by Crippen LogP contribution is 2.39. The van der Waals surface area contributed by atoms with E-state index in [1.807, 2.05) is 12.1 Å². The molecule has 0 aromatic heterocycles. The lowest BCUT2D eigenvalue weighted by atomic mass is 9.88. The Balaban J connectivity index is 2.27. The lowest BCUT2D eigenvalue weighted by Gasteiger charge is -2.37. The van der Waals surface area contributed by atoms with E-state index in [2.05, 4.69) is 20.8 Å². The zero-order chi connectivity index (χ0) is 20.2. The van der Waals surface area contributed by atoms with E-state index in [0.717, 1.165) is 24.0 Å². The van der Waals surface area contributed by atoms with Gasteiger partial charge in [0.1, 0.15) is 0 Å². The quantitative estimate of drug-likeness (QED) is 0.782. The minimum absolute atomic E-state index is 0.0194. The highest BCUT2D eigenvalue weighted by atomic mass is 16.5. The number of hydrogen-bond acceptors (Lipinski definition) is 4. The first-order valence-corrected chi connectivity index (χ1v) is 9.42. The van der Waals surface area contributed by atoms with E-state index >= 15 is 0 Å². The number of methoxy groups -OCH3 is 2. The van der Waals surface area contributed by atoms with Gasteiger partial charge in [-0.3, -0.25) is 9.59 Å². The molecule has 1 atom stereocenters. The molecule has 6 nitrogen and oxygen atoms in total. The van der Waals surface area contributed by atoms with E-state index in [4.69, 9.17) is 9.47 Å². The zero-order valence-corrected chi connectivity index (χ0v) is 17.0. The lowest BCUT2D eigenvalue weighted by Crippen LogP contribution is -2.41. The van der Waals surface area contributed by atoms with Crippen molar-refractivity contribution >= 4 is 11.9 Å². The monoisotopic (exact) mass is 377 g/mol. The second-order valence-corrected chi connectivity index (χ2v) is 8.27. The van der Waals surface area contributed by atoms with E-state index in [1.54, 1.807) is 19.1 Å². The van der Waals surface area contributed by atoms with Gasteiger partial charge in [0, 0.05) is 13.0 Å². The maximum absolute atomic E-state index is 12.8. The van der Waals surface area contributed by atoms with Crippen LogP contribution in [-0.4, -0.2) is 42.6 Å². The van der Waals surface area contributed by atoms with Crippen molar-refractivity contribution in [2.75, 3.05) is 20.8 Å². The number of amides is 1. The summed E-state index contributed by atoms with van der Waals surface area (Å²) in [5.41, 5.74) is 2.03. The number of fused-ring (bicyclic) bond motifs is 1. The fourth-order valence-electron chi connectivity index (χ4n) is 3.63. The van der Waals surface area contributed by atoms with Crippen molar-refractivity contribution in [1.82, 2.24) is 4.90 Å². The van der Waals surface area contributed by atoms with Gasteiger partial charge in [0.15, 0.2) is 11.5 Å². The predicted molar refractivity (Wildman–Crippen MR) is 103 cm³/mol. The van der Waals surface area contributed by atoms with Gasteiger partial charge < -0.3 is 19.5 Å². The average molecular weight is 377 g/mol. The number of ether oxygens (including phenoxy) is 2. The molecule has 1 aliphatic heterocycles. The third kappa shape index (κ3) is 5.37. The molecule has 2 rings (SSSR count). The van der Waals surface area contributed by atoms with Gasteiger partial charge >= 0.3 is 5.97 Å². The van der Waals surface area contributed by atoms with Crippen molar-refractivity contribution in [3.8, 4) is 11.5 Å². The predicted octanol–water partition coefficient (Wildman–Crippen LogP) is 3.82. The van der Waals surface area contributed by atoms with E-state index in [9.17, 15) is 14.7 Å². The second-order valence-electron chi connectivity index (χ2n) is 8.27. The number of carbonyl (C=O) groups excluding carboxylic acids is 1. The van der Waals surface area contributed by atoms with Crippen LogP contribution in [0.1, 0.15) is 63.6 Å². The van der Waals surface area contributed by atoms with Gasteiger partial charge in [0.25, 0.3) is 0 Å². The topological polar surface area (TPSA) is 76.1 Å². The number of carboxylic acids is 1. The van der Waals surface area contributed by atoms with Crippen LogP contribution in [0, 0.1) is 5.41 Å². The molecule has 1 aromatic carbocycles. The summed E-state index contributed by atoms with van der Waals surface area (Å²) in [6, 6.07) is 3.23. The first kappa shape index (κ1) is 21.1. The fourth-order valence-corrected chi connectivity index (χ4v) is 3.63. The number of carboxylic acid groups (broad SMARTS) is 1. The SMILES string of the molecule is COc1cc2c(cc1OC)C(CC(=O)O)N(C(=O)CCCC(C)(C)C)CC2. The largest absolute Gasteiger partial charge is 0.493 e. The number of hydrogen-bond donors (Lipinski definition) is 1. The van der Waals surface area contributed by atoms with Crippen molar-refractivity contribution in [3.05, 3.63) is 23.3 Å². The van der Waals surface area contributed by atoms with Crippen LogP contribution in [-0.2, 0) is 16.0 Å². The molecular weight excluding hydrogens is 346 g/mol. The summed E-state index contributed by atoms with van der Waals surface area (Å²) in [4.78, 5) is 26.0. The van der Waals surface area contributed by atoms with E-state index < -0.39 is 12.0 Å². The number of benzene rings is 1. The molecule has 1 heterocycles. The average Bonchev–Trinajstić information content (AvgIpc) is 2.59. The van der Waals surface area contributed by atoms with Crippen LogP contribution in [0.2, 0.25) is 0 Å². The first-order chi connectivity index (χ1) is 12.7. The van der Waals surface area contributed by atoms with Crippen molar-refractivity contribution in [2.24, 2.45) is 5.41 Å². The Morgan fingerprint density at radius 3 is 2.37 bits per heavy atom. The zero-order valence-electron chi connectivity index (χ0n) is 17.0. The van der Waals surface area contributed by atoms with Gasteiger partial charge in [-0.15, -0.1) is 0 Å². The van der Waals surface area contributed by atoms with Crippen LogP contribution >= 0.6 is 0 Å². The molecule has 1 N–H and O–H groups in total. The highest BCUT2D eigenvalue weighted by Gasteiger charge is 2.33. The lowest BCUT2D eigenvalue weighted by molar-refractivity contribution is -0.141. The van der Waals surface area contributed by atoms with Crippen LogP contribution in [0.25, 0.3) is 0 Å². The van der Waals surface area contributed by atoms with Crippen molar-refractivity contribution < 1.29 is 24.2 Å². The molecule has 0 aliphatic carbocycles. The summed E-state index contributed by atoms with van der Waals surface area (Å²) in [6.45, 7) is 6.99. The molecule has 1 aliphatic rings. The minimum atomic E-state index is -0.921. The van der Waals surface area contributed by atoms with E-state index in [-0.39, 0.29) is 17.7 Å². The Morgan fingerprint density at radius 1 is 1.19 bits per heavy atom. The van der Waals surface area contributed by atoms with Crippen LogP contribution in [0.15, 0.2) is 12.1 Å². The maximum atomic E-state index is 12.8. The molecule has 0 saturated carbocycles. The van der Waals surface area contributed by atoms with Gasteiger partial charge in [-0.2, -0.15) is 0 Å². The summed E-state index contributed by atoms with van der Waals surface area (Å²) >= 11 is 0. The van der Waals surface area contributed by atoms with Gasteiger partial charge in [-0.25, -0.2) is 0 Å². The summed E-state index contributed by atoms with van der Waals surface area (Å²) < 4.78 is 10.7. The molecule has 0 bridgehead atoms. The Morgan fingerprint density at radius 2 is 1.81 bits per heavy atom. The van der Waals surface area contributed by atoms with Crippen molar-refractivity contribution in [3.63, 3.8) is 0 Å².